The van der Waals surface area contributed by atoms with Gasteiger partial charge in [0, 0.05) is 0 Å². The van der Waals surface area contributed by atoms with E-state index in [2.05, 4.69) is 55.5 Å². The van der Waals surface area contributed by atoms with Gasteiger partial charge in [0.2, 0.25) is 0 Å². The van der Waals surface area contributed by atoms with E-state index in [1.54, 1.807) is 0 Å². The zero-order chi connectivity index (χ0) is 14.4. The van der Waals surface area contributed by atoms with E-state index in [1.807, 2.05) is 6.92 Å². The summed E-state index contributed by atoms with van der Waals surface area (Å²) in [6.45, 7) is 4.19. The van der Waals surface area contributed by atoms with Crippen molar-refractivity contribution in [2.24, 2.45) is 0 Å². The Kier molecular flexibility index (Phi) is 5.37. The van der Waals surface area contributed by atoms with Gasteiger partial charge in [-0.1, -0.05) is 62.4 Å². The molecule has 0 aromatic heterocycles. The summed E-state index contributed by atoms with van der Waals surface area (Å²) in [5.41, 5.74) is 5.27. The monoisotopic (exact) mass is 268 g/mol. The van der Waals surface area contributed by atoms with Gasteiger partial charge in [-0.2, -0.15) is 0 Å². The lowest BCUT2D eigenvalue weighted by molar-refractivity contribution is 0.171. The highest BCUT2D eigenvalue weighted by Gasteiger charge is 2.03. The maximum Gasteiger partial charge on any atom is 0.0577 e. The molecule has 106 valence electrons. The highest BCUT2D eigenvalue weighted by atomic mass is 16.3. The van der Waals surface area contributed by atoms with Crippen molar-refractivity contribution < 1.29 is 5.11 Å². The van der Waals surface area contributed by atoms with E-state index in [0.717, 1.165) is 25.7 Å². The molecule has 0 saturated carbocycles. The van der Waals surface area contributed by atoms with Crippen molar-refractivity contribution in [2.75, 3.05) is 0 Å². The van der Waals surface area contributed by atoms with Crippen LogP contribution >= 0.6 is 0 Å². The molecule has 0 aliphatic rings. The van der Waals surface area contributed by atoms with Gasteiger partial charge in [-0.05, 0) is 47.9 Å². The molecule has 0 heterocycles. The van der Waals surface area contributed by atoms with Crippen molar-refractivity contribution in [2.45, 2.75) is 45.6 Å². The Hall–Kier alpha value is -1.60. The van der Waals surface area contributed by atoms with Crippen LogP contribution in [0, 0.1) is 0 Å². The molecule has 1 atom stereocenters. The molecule has 0 aliphatic carbocycles. The van der Waals surface area contributed by atoms with Gasteiger partial charge in [0.1, 0.15) is 0 Å². The fourth-order valence-corrected chi connectivity index (χ4v) is 2.34. The molecule has 1 heteroatoms. The van der Waals surface area contributed by atoms with Crippen LogP contribution in [0.4, 0.5) is 0 Å². The molecule has 20 heavy (non-hydrogen) atoms. The summed E-state index contributed by atoms with van der Waals surface area (Å²) in [6.07, 6.45) is 3.41. The van der Waals surface area contributed by atoms with Crippen molar-refractivity contribution in [3.05, 3.63) is 70.8 Å². The number of rotatable bonds is 6. The Morgan fingerprint density at radius 3 is 1.65 bits per heavy atom. The molecule has 0 fully saturated rings. The average molecular weight is 268 g/mol. The Morgan fingerprint density at radius 1 is 0.750 bits per heavy atom. The van der Waals surface area contributed by atoms with Gasteiger partial charge in [0.05, 0.1) is 6.10 Å². The lowest BCUT2D eigenvalue weighted by Crippen LogP contribution is -2.08. The SMILES string of the molecule is CCc1ccc(Cc2ccc(CC(O)CC)cc2)cc1. The van der Waals surface area contributed by atoms with Gasteiger partial charge in [-0.25, -0.2) is 0 Å². The van der Waals surface area contributed by atoms with Gasteiger partial charge in [-0.3, -0.25) is 0 Å². The second-order valence-electron chi connectivity index (χ2n) is 5.43. The normalized spacial score (nSPS) is 12.3. The summed E-state index contributed by atoms with van der Waals surface area (Å²) in [4.78, 5) is 0. The third kappa shape index (κ3) is 4.21. The third-order valence-electron chi connectivity index (χ3n) is 3.81. The van der Waals surface area contributed by atoms with E-state index in [0.29, 0.717) is 0 Å². The van der Waals surface area contributed by atoms with Crippen LogP contribution in [-0.2, 0) is 19.3 Å². The van der Waals surface area contributed by atoms with Gasteiger partial charge >= 0.3 is 0 Å². The van der Waals surface area contributed by atoms with Gasteiger partial charge in [0.25, 0.3) is 0 Å². The Bertz CT molecular complexity index is 510. The molecule has 0 radical (unpaired) electrons. The first-order valence-corrected chi connectivity index (χ1v) is 7.55. The summed E-state index contributed by atoms with van der Waals surface area (Å²) < 4.78 is 0. The van der Waals surface area contributed by atoms with Crippen molar-refractivity contribution in [1.82, 2.24) is 0 Å². The molecular formula is C19H24O. The van der Waals surface area contributed by atoms with Gasteiger partial charge < -0.3 is 5.11 Å². The minimum atomic E-state index is -0.220. The van der Waals surface area contributed by atoms with Crippen LogP contribution in [0.2, 0.25) is 0 Å². The van der Waals surface area contributed by atoms with Crippen molar-refractivity contribution in [3.8, 4) is 0 Å². The largest absolute Gasteiger partial charge is 0.393 e. The van der Waals surface area contributed by atoms with Gasteiger partial charge in [-0.15, -0.1) is 0 Å². The van der Waals surface area contributed by atoms with Crippen LogP contribution in [0.5, 0.6) is 0 Å². The predicted molar refractivity (Wildman–Crippen MR) is 85.1 cm³/mol. The standard InChI is InChI=1S/C19H24O/c1-3-15-5-7-16(8-6-15)13-17-9-11-18(12-10-17)14-19(20)4-2/h5-12,19-20H,3-4,13-14H2,1-2H3. The highest BCUT2D eigenvalue weighted by molar-refractivity contribution is 5.30. The topological polar surface area (TPSA) is 20.2 Å². The van der Waals surface area contributed by atoms with Crippen LogP contribution in [0.1, 0.15) is 42.5 Å². The fourth-order valence-electron chi connectivity index (χ4n) is 2.34. The number of aliphatic hydroxyl groups is 1. The molecule has 0 amide bonds. The van der Waals surface area contributed by atoms with Gasteiger partial charge in [0.15, 0.2) is 0 Å². The summed E-state index contributed by atoms with van der Waals surface area (Å²) in [5.74, 6) is 0. The van der Waals surface area contributed by atoms with Crippen LogP contribution in [0.15, 0.2) is 48.5 Å². The minimum Gasteiger partial charge on any atom is -0.393 e. The molecule has 2 aromatic rings. The predicted octanol–water partition coefficient (Wildman–Crippen LogP) is 4.15. The second-order valence-corrected chi connectivity index (χ2v) is 5.43. The number of hydrogen-bond donors (Lipinski definition) is 1. The Morgan fingerprint density at radius 2 is 1.20 bits per heavy atom. The molecular weight excluding hydrogens is 244 g/mol. The molecule has 2 aromatic carbocycles. The van der Waals surface area contributed by atoms with E-state index in [1.165, 1.54) is 22.3 Å². The smallest absolute Gasteiger partial charge is 0.0577 e. The van der Waals surface area contributed by atoms with E-state index >= 15 is 0 Å². The lowest BCUT2D eigenvalue weighted by atomic mass is 10.00. The highest BCUT2D eigenvalue weighted by Crippen LogP contribution is 2.13. The molecule has 0 aliphatic heterocycles. The van der Waals surface area contributed by atoms with Crippen molar-refractivity contribution >= 4 is 0 Å². The average Bonchev–Trinajstić information content (AvgIpc) is 2.50. The summed E-state index contributed by atoms with van der Waals surface area (Å²) in [6, 6.07) is 17.5. The zero-order valence-corrected chi connectivity index (χ0v) is 12.5. The van der Waals surface area contributed by atoms with E-state index in [9.17, 15) is 5.11 Å². The Balaban J connectivity index is 1.99. The van der Waals surface area contributed by atoms with E-state index in [-0.39, 0.29) is 6.10 Å². The summed E-state index contributed by atoms with van der Waals surface area (Å²) >= 11 is 0. The van der Waals surface area contributed by atoms with E-state index in [4.69, 9.17) is 0 Å². The van der Waals surface area contributed by atoms with Crippen LogP contribution in [0.25, 0.3) is 0 Å². The fraction of sp³-hybridized carbons (Fsp3) is 0.368. The minimum absolute atomic E-state index is 0.220. The molecule has 0 bridgehead atoms. The van der Waals surface area contributed by atoms with Crippen LogP contribution in [0.3, 0.4) is 0 Å². The Labute approximate surface area is 122 Å². The first kappa shape index (κ1) is 14.8. The van der Waals surface area contributed by atoms with Crippen LogP contribution in [-0.4, -0.2) is 11.2 Å². The summed E-state index contributed by atoms with van der Waals surface area (Å²) in [7, 11) is 0. The molecule has 0 saturated heterocycles. The molecule has 0 spiro atoms. The first-order chi connectivity index (χ1) is 9.71. The number of benzene rings is 2. The zero-order valence-electron chi connectivity index (χ0n) is 12.5. The summed E-state index contributed by atoms with van der Waals surface area (Å²) in [5, 5.41) is 9.67. The lowest BCUT2D eigenvalue weighted by Gasteiger charge is -2.09. The van der Waals surface area contributed by atoms with Crippen LogP contribution < -0.4 is 0 Å². The van der Waals surface area contributed by atoms with E-state index < -0.39 is 0 Å². The second kappa shape index (κ2) is 7.25. The van der Waals surface area contributed by atoms with Crippen molar-refractivity contribution in [1.29, 1.82) is 0 Å². The molecule has 1 nitrogen and oxygen atoms in total. The number of aliphatic hydroxyl groups excluding tert-OH is 1. The maximum atomic E-state index is 9.67. The quantitative estimate of drug-likeness (QED) is 0.834. The number of hydrogen-bond acceptors (Lipinski definition) is 1. The molecule has 2 rings (SSSR count). The maximum absolute atomic E-state index is 9.67. The first-order valence-electron chi connectivity index (χ1n) is 7.55. The molecule has 1 unspecified atom stereocenters. The number of aryl methyl sites for hydroxylation is 1. The third-order valence-corrected chi connectivity index (χ3v) is 3.81. The van der Waals surface area contributed by atoms with Crippen molar-refractivity contribution in [3.63, 3.8) is 0 Å². The molecule has 1 N–H and O–H groups in total.